The quantitative estimate of drug-likeness (QED) is 0.762. The van der Waals surface area contributed by atoms with Crippen molar-refractivity contribution in [2.75, 3.05) is 6.61 Å². The van der Waals surface area contributed by atoms with Gasteiger partial charge in [-0.1, -0.05) is 46.2 Å². The SMILES string of the molecule is CC[C@@H](C)Cc1cccc(OCC(O)(CC)CC)c1. The first kappa shape index (κ1) is 16.0. The molecule has 1 atom stereocenters. The molecular formula is C17H28O2. The third kappa shape index (κ3) is 5.23. The summed E-state index contributed by atoms with van der Waals surface area (Å²) in [6.07, 6.45) is 3.71. The highest BCUT2D eigenvalue weighted by Gasteiger charge is 2.23. The molecule has 0 saturated heterocycles. The zero-order chi connectivity index (χ0) is 14.3. The van der Waals surface area contributed by atoms with Crippen LogP contribution in [0.1, 0.15) is 52.5 Å². The minimum absolute atomic E-state index is 0.368. The fourth-order valence-corrected chi connectivity index (χ4v) is 1.98. The first-order chi connectivity index (χ1) is 9.03. The van der Waals surface area contributed by atoms with Gasteiger partial charge in [-0.25, -0.2) is 0 Å². The van der Waals surface area contributed by atoms with Crippen molar-refractivity contribution in [3.05, 3.63) is 29.8 Å². The Morgan fingerprint density at radius 1 is 1.21 bits per heavy atom. The second-order valence-corrected chi connectivity index (χ2v) is 5.59. The van der Waals surface area contributed by atoms with Gasteiger partial charge in [-0.3, -0.25) is 0 Å². The van der Waals surface area contributed by atoms with Crippen LogP contribution < -0.4 is 4.74 Å². The number of ether oxygens (including phenoxy) is 1. The van der Waals surface area contributed by atoms with Crippen LogP contribution in [0.4, 0.5) is 0 Å². The Balaban J connectivity index is 2.62. The maximum absolute atomic E-state index is 10.2. The van der Waals surface area contributed by atoms with E-state index < -0.39 is 5.60 Å². The molecule has 1 N–H and O–H groups in total. The third-order valence-electron chi connectivity index (χ3n) is 4.00. The zero-order valence-corrected chi connectivity index (χ0v) is 12.8. The molecule has 1 aromatic carbocycles. The largest absolute Gasteiger partial charge is 0.491 e. The summed E-state index contributed by atoms with van der Waals surface area (Å²) in [6.45, 7) is 8.83. The lowest BCUT2D eigenvalue weighted by atomic mass is 9.98. The van der Waals surface area contributed by atoms with Gasteiger partial charge in [0.05, 0.1) is 5.60 Å². The molecule has 0 fully saturated rings. The summed E-state index contributed by atoms with van der Waals surface area (Å²) in [5.74, 6) is 1.56. The average Bonchev–Trinajstić information content (AvgIpc) is 2.45. The van der Waals surface area contributed by atoms with Gasteiger partial charge >= 0.3 is 0 Å². The fourth-order valence-electron chi connectivity index (χ4n) is 1.98. The molecule has 0 radical (unpaired) electrons. The number of hydrogen-bond acceptors (Lipinski definition) is 2. The van der Waals surface area contributed by atoms with Crippen molar-refractivity contribution in [1.29, 1.82) is 0 Å². The molecule has 0 saturated carbocycles. The Labute approximate surface area is 117 Å². The van der Waals surface area contributed by atoms with E-state index in [9.17, 15) is 5.11 Å². The van der Waals surface area contributed by atoms with Crippen LogP contribution in [-0.4, -0.2) is 17.3 Å². The van der Waals surface area contributed by atoms with Crippen molar-refractivity contribution < 1.29 is 9.84 Å². The van der Waals surface area contributed by atoms with Crippen molar-refractivity contribution in [3.63, 3.8) is 0 Å². The van der Waals surface area contributed by atoms with Crippen molar-refractivity contribution in [2.45, 2.75) is 59.0 Å². The molecule has 1 rings (SSSR count). The molecule has 0 heterocycles. The van der Waals surface area contributed by atoms with E-state index in [0.29, 0.717) is 12.5 Å². The van der Waals surface area contributed by atoms with Crippen molar-refractivity contribution in [1.82, 2.24) is 0 Å². The van der Waals surface area contributed by atoms with Crippen LogP contribution in [0.5, 0.6) is 5.75 Å². The maximum Gasteiger partial charge on any atom is 0.119 e. The standard InChI is InChI=1S/C17H28O2/c1-5-14(4)11-15-9-8-10-16(12-15)19-13-17(18,6-2)7-3/h8-10,12,14,18H,5-7,11,13H2,1-4H3/t14-/m1/s1. The Bertz CT molecular complexity index is 369. The lowest BCUT2D eigenvalue weighted by molar-refractivity contribution is -0.0113. The van der Waals surface area contributed by atoms with Crippen LogP contribution in [0.15, 0.2) is 24.3 Å². The third-order valence-corrected chi connectivity index (χ3v) is 4.00. The highest BCUT2D eigenvalue weighted by atomic mass is 16.5. The van der Waals surface area contributed by atoms with Crippen LogP contribution in [0, 0.1) is 5.92 Å². The summed E-state index contributed by atoms with van der Waals surface area (Å²) >= 11 is 0. The van der Waals surface area contributed by atoms with Crippen molar-refractivity contribution in [3.8, 4) is 5.75 Å². The second-order valence-electron chi connectivity index (χ2n) is 5.59. The molecule has 1 aromatic rings. The lowest BCUT2D eigenvalue weighted by Crippen LogP contribution is -2.34. The molecular weight excluding hydrogens is 236 g/mol. The lowest BCUT2D eigenvalue weighted by Gasteiger charge is -2.25. The summed E-state index contributed by atoms with van der Waals surface area (Å²) in [7, 11) is 0. The molecule has 0 aliphatic heterocycles. The summed E-state index contributed by atoms with van der Waals surface area (Å²) in [4.78, 5) is 0. The molecule has 0 aliphatic carbocycles. The summed E-state index contributed by atoms with van der Waals surface area (Å²) in [6, 6.07) is 8.23. The van der Waals surface area contributed by atoms with Crippen LogP contribution in [-0.2, 0) is 6.42 Å². The van der Waals surface area contributed by atoms with Crippen molar-refractivity contribution >= 4 is 0 Å². The van der Waals surface area contributed by atoms with E-state index in [4.69, 9.17) is 4.74 Å². The maximum atomic E-state index is 10.2. The normalized spacial score (nSPS) is 13.3. The Kier molecular flexibility index (Phi) is 6.36. The molecule has 0 amide bonds. The van der Waals surface area contributed by atoms with E-state index >= 15 is 0 Å². The van der Waals surface area contributed by atoms with Crippen LogP contribution in [0.3, 0.4) is 0 Å². The summed E-state index contributed by atoms with van der Waals surface area (Å²) in [5.41, 5.74) is 0.607. The number of rotatable bonds is 8. The number of hydrogen-bond donors (Lipinski definition) is 1. The highest BCUT2D eigenvalue weighted by Crippen LogP contribution is 2.21. The van der Waals surface area contributed by atoms with E-state index in [0.717, 1.165) is 25.0 Å². The fraction of sp³-hybridized carbons (Fsp3) is 0.647. The highest BCUT2D eigenvalue weighted by molar-refractivity contribution is 5.28. The zero-order valence-electron chi connectivity index (χ0n) is 12.8. The van der Waals surface area contributed by atoms with Crippen molar-refractivity contribution in [2.24, 2.45) is 5.92 Å². The minimum Gasteiger partial charge on any atom is -0.491 e. The van der Waals surface area contributed by atoms with Gasteiger partial charge in [0.15, 0.2) is 0 Å². The van der Waals surface area contributed by atoms with E-state index in [1.165, 1.54) is 12.0 Å². The van der Waals surface area contributed by atoms with Gasteiger partial charge in [0.2, 0.25) is 0 Å². The van der Waals surface area contributed by atoms with E-state index in [1.807, 2.05) is 26.0 Å². The molecule has 0 unspecified atom stereocenters. The van der Waals surface area contributed by atoms with Gasteiger partial charge in [-0.15, -0.1) is 0 Å². The summed E-state index contributed by atoms with van der Waals surface area (Å²) in [5, 5.41) is 10.2. The Morgan fingerprint density at radius 3 is 2.47 bits per heavy atom. The smallest absolute Gasteiger partial charge is 0.119 e. The van der Waals surface area contributed by atoms with E-state index in [2.05, 4.69) is 26.0 Å². The number of aliphatic hydroxyl groups is 1. The van der Waals surface area contributed by atoms with Crippen LogP contribution in [0.25, 0.3) is 0 Å². The predicted molar refractivity (Wildman–Crippen MR) is 80.6 cm³/mol. The van der Waals surface area contributed by atoms with E-state index in [1.54, 1.807) is 0 Å². The molecule has 2 nitrogen and oxygen atoms in total. The van der Waals surface area contributed by atoms with Crippen LogP contribution in [0.2, 0.25) is 0 Å². The Hall–Kier alpha value is -1.02. The van der Waals surface area contributed by atoms with Crippen LogP contribution >= 0.6 is 0 Å². The minimum atomic E-state index is -0.702. The topological polar surface area (TPSA) is 29.5 Å². The molecule has 0 aromatic heterocycles. The van der Waals surface area contributed by atoms with Gasteiger partial charge in [-0.05, 0) is 42.9 Å². The molecule has 0 aliphatic rings. The van der Waals surface area contributed by atoms with Gasteiger partial charge in [-0.2, -0.15) is 0 Å². The first-order valence-corrected chi connectivity index (χ1v) is 7.47. The molecule has 19 heavy (non-hydrogen) atoms. The van der Waals surface area contributed by atoms with Gasteiger partial charge in [0.25, 0.3) is 0 Å². The molecule has 0 bridgehead atoms. The predicted octanol–water partition coefficient (Wildman–Crippen LogP) is 4.21. The molecule has 108 valence electrons. The molecule has 0 spiro atoms. The monoisotopic (exact) mass is 264 g/mol. The number of benzene rings is 1. The second kappa shape index (κ2) is 7.54. The summed E-state index contributed by atoms with van der Waals surface area (Å²) < 4.78 is 5.76. The molecule has 2 heteroatoms. The average molecular weight is 264 g/mol. The van der Waals surface area contributed by atoms with Gasteiger partial charge < -0.3 is 9.84 Å². The van der Waals surface area contributed by atoms with Gasteiger partial charge in [0.1, 0.15) is 12.4 Å². The Morgan fingerprint density at radius 2 is 1.89 bits per heavy atom. The van der Waals surface area contributed by atoms with Gasteiger partial charge in [0, 0.05) is 0 Å². The first-order valence-electron chi connectivity index (χ1n) is 7.47. The van der Waals surface area contributed by atoms with E-state index in [-0.39, 0.29) is 0 Å².